The second-order valence-electron chi connectivity index (χ2n) is 9.44. The first-order valence-electron chi connectivity index (χ1n) is 12.4. The predicted octanol–water partition coefficient (Wildman–Crippen LogP) is 4.94. The number of likely N-dealkylation sites (tertiary alicyclic amines) is 2. The lowest BCUT2D eigenvalue weighted by Crippen LogP contribution is -2.42. The number of ether oxygens (including phenoxy) is 1. The molecule has 1 amide bonds. The van der Waals surface area contributed by atoms with Crippen LogP contribution in [0.1, 0.15) is 41.6 Å². The topological polar surface area (TPSA) is 84.6 Å². The van der Waals surface area contributed by atoms with Crippen LogP contribution in [-0.2, 0) is 6.61 Å². The van der Waals surface area contributed by atoms with E-state index in [1.54, 1.807) is 18.2 Å². The molecule has 0 spiro atoms. The van der Waals surface area contributed by atoms with Crippen molar-refractivity contribution in [3.05, 3.63) is 70.4 Å². The van der Waals surface area contributed by atoms with E-state index in [9.17, 15) is 13.6 Å². The second-order valence-corrected chi connectivity index (χ2v) is 9.82. The molecule has 37 heavy (non-hydrogen) atoms. The number of benzene rings is 2. The summed E-state index contributed by atoms with van der Waals surface area (Å²) in [4.78, 5) is 26.4. The molecule has 0 bridgehead atoms. The summed E-state index contributed by atoms with van der Waals surface area (Å²) in [5.74, 6) is -1.51. The fourth-order valence-corrected chi connectivity index (χ4v) is 5.21. The molecule has 3 aromatic rings. The van der Waals surface area contributed by atoms with Gasteiger partial charge in [0.1, 0.15) is 18.2 Å². The highest BCUT2D eigenvalue weighted by atomic mass is 35.5. The summed E-state index contributed by atoms with van der Waals surface area (Å²) in [5, 5.41) is -0.362. The van der Waals surface area contributed by atoms with Gasteiger partial charge in [0.25, 0.3) is 11.8 Å². The molecule has 1 atom stereocenters. The summed E-state index contributed by atoms with van der Waals surface area (Å²) in [7, 11) is 0. The van der Waals surface area contributed by atoms with Crippen molar-refractivity contribution in [2.45, 2.75) is 38.3 Å². The van der Waals surface area contributed by atoms with Crippen molar-refractivity contribution in [1.82, 2.24) is 19.8 Å². The molecule has 7 nitrogen and oxygen atoms in total. The van der Waals surface area contributed by atoms with E-state index in [4.69, 9.17) is 22.1 Å². The third-order valence-electron chi connectivity index (χ3n) is 6.97. The highest BCUT2D eigenvalue weighted by molar-refractivity contribution is 6.31. The first-order chi connectivity index (χ1) is 17.9. The van der Waals surface area contributed by atoms with Crippen LogP contribution in [0.4, 0.5) is 14.6 Å². The molecule has 10 heteroatoms. The van der Waals surface area contributed by atoms with E-state index in [-0.39, 0.29) is 40.8 Å². The number of carbonyl (C=O) groups excluding carboxylic acids is 1. The molecular formula is C27H28ClF2N5O2. The molecule has 1 aromatic heterocycles. The van der Waals surface area contributed by atoms with Crippen LogP contribution in [0.3, 0.4) is 0 Å². The minimum Gasteiger partial charge on any atom is -0.470 e. The van der Waals surface area contributed by atoms with Gasteiger partial charge in [-0.3, -0.25) is 4.79 Å². The molecule has 2 aromatic carbocycles. The molecule has 2 fully saturated rings. The zero-order valence-electron chi connectivity index (χ0n) is 20.3. The van der Waals surface area contributed by atoms with E-state index in [0.717, 1.165) is 51.2 Å². The molecule has 2 aliphatic heterocycles. The lowest BCUT2D eigenvalue weighted by molar-refractivity contribution is 0.0709. The molecule has 194 valence electrons. The number of hydrogen-bond acceptors (Lipinski definition) is 6. The highest BCUT2D eigenvalue weighted by Crippen LogP contribution is 2.28. The van der Waals surface area contributed by atoms with Gasteiger partial charge in [-0.1, -0.05) is 23.7 Å². The molecule has 1 unspecified atom stereocenters. The molecule has 3 heterocycles. The van der Waals surface area contributed by atoms with Crippen LogP contribution in [-0.4, -0.2) is 57.9 Å². The summed E-state index contributed by atoms with van der Waals surface area (Å²) in [6.45, 7) is 3.50. The van der Waals surface area contributed by atoms with E-state index >= 15 is 0 Å². The van der Waals surface area contributed by atoms with Crippen molar-refractivity contribution in [2.24, 2.45) is 0 Å². The van der Waals surface area contributed by atoms with Crippen LogP contribution in [0.15, 0.2) is 42.6 Å². The molecule has 0 saturated carbocycles. The number of nitrogens with zero attached hydrogens (tertiary/aromatic N) is 4. The average Bonchev–Trinajstić information content (AvgIpc) is 3.59. The van der Waals surface area contributed by atoms with E-state index < -0.39 is 11.6 Å². The van der Waals surface area contributed by atoms with Crippen molar-refractivity contribution in [3.63, 3.8) is 0 Å². The molecule has 2 aliphatic rings. The Morgan fingerprint density at radius 2 is 1.89 bits per heavy atom. The van der Waals surface area contributed by atoms with Crippen molar-refractivity contribution < 1.29 is 18.3 Å². The third kappa shape index (κ3) is 5.52. The van der Waals surface area contributed by atoms with Gasteiger partial charge in [0.15, 0.2) is 5.82 Å². The summed E-state index contributed by atoms with van der Waals surface area (Å²) < 4.78 is 33.4. The smallest absolute Gasteiger partial charge is 0.258 e. The van der Waals surface area contributed by atoms with Crippen molar-refractivity contribution in [2.75, 3.05) is 31.9 Å². The van der Waals surface area contributed by atoms with Crippen molar-refractivity contribution >= 4 is 23.3 Å². The Balaban J connectivity index is 1.33. The number of nitrogen functional groups attached to an aromatic ring is 1. The van der Waals surface area contributed by atoms with Gasteiger partial charge in [-0.2, -0.15) is 0 Å². The molecule has 2 saturated heterocycles. The first kappa shape index (κ1) is 25.4. The fraction of sp³-hybridized carbons (Fsp3) is 0.370. The third-order valence-corrected chi connectivity index (χ3v) is 7.38. The lowest BCUT2D eigenvalue weighted by atomic mass is 10.1. The molecule has 0 aliphatic carbocycles. The monoisotopic (exact) mass is 527 g/mol. The minimum atomic E-state index is -0.753. The largest absolute Gasteiger partial charge is 0.470 e. The van der Waals surface area contributed by atoms with Crippen LogP contribution >= 0.6 is 11.6 Å². The second kappa shape index (κ2) is 11.0. The summed E-state index contributed by atoms with van der Waals surface area (Å²) >= 11 is 5.89. The number of anilines is 1. The highest BCUT2D eigenvalue weighted by Gasteiger charge is 2.31. The van der Waals surface area contributed by atoms with Crippen LogP contribution in [0.2, 0.25) is 5.02 Å². The Labute approximate surface area is 219 Å². The number of rotatable bonds is 7. The SMILES string of the molecule is Nc1ncc(-c2cccc(C(=O)N3CCCC3CN3CCCC3)c2)nc1OCc1c(F)ccc(F)c1Cl. The van der Waals surface area contributed by atoms with Gasteiger partial charge >= 0.3 is 0 Å². The Morgan fingerprint density at radius 1 is 1.11 bits per heavy atom. The average molecular weight is 528 g/mol. The Morgan fingerprint density at radius 3 is 2.70 bits per heavy atom. The fourth-order valence-electron chi connectivity index (χ4n) is 5.00. The summed E-state index contributed by atoms with van der Waals surface area (Å²) in [5.41, 5.74) is 7.43. The predicted molar refractivity (Wildman–Crippen MR) is 137 cm³/mol. The van der Waals surface area contributed by atoms with Crippen LogP contribution in [0, 0.1) is 11.6 Å². The van der Waals surface area contributed by atoms with Gasteiger partial charge in [0.05, 0.1) is 16.9 Å². The van der Waals surface area contributed by atoms with Crippen LogP contribution in [0.5, 0.6) is 5.88 Å². The maximum Gasteiger partial charge on any atom is 0.258 e. The minimum absolute atomic E-state index is 0.000328. The Hall–Kier alpha value is -3.30. The van der Waals surface area contributed by atoms with Gasteiger partial charge in [-0.25, -0.2) is 18.7 Å². The van der Waals surface area contributed by atoms with E-state index in [0.29, 0.717) is 16.8 Å². The van der Waals surface area contributed by atoms with Crippen LogP contribution < -0.4 is 10.5 Å². The quantitative estimate of drug-likeness (QED) is 0.438. The standard InChI is InChI=1S/C27H28ClF2N5O2/c28-24-20(21(29)8-9-22(24)30)16-37-26-25(31)32-14-23(33-26)17-5-3-6-18(13-17)27(36)35-12-4-7-19(35)15-34-10-1-2-11-34/h3,5-6,8-9,13-14,19H,1-2,4,7,10-12,15-16H2,(H2,31,32). The lowest BCUT2D eigenvalue weighted by Gasteiger charge is -2.28. The normalized spacial score (nSPS) is 17.9. The number of carbonyl (C=O) groups is 1. The molecule has 0 radical (unpaired) electrons. The zero-order valence-corrected chi connectivity index (χ0v) is 21.1. The van der Waals surface area contributed by atoms with Gasteiger partial charge in [0, 0.05) is 35.8 Å². The number of amides is 1. The first-order valence-corrected chi connectivity index (χ1v) is 12.8. The maximum absolute atomic E-state index is 14.1. The van der Waals surface area contributed by atoms with Gasteiger partial charge in [0.2, 0.25) is 0 Å². The number of halogens is 3. The maximum atomic E-state index is 14.1. The molecule has 2 N–H and O–H groups in total. The van der Waals surface area contributed by atoms with E-state index in [1.807, 2.05) is 11.0 Å². The number of aromatic nitrogens is 2. The van der Waals surface area contributed by atoms with E-state index in [2.05, 4.69) is 14.9 Å². The van der Waals surface area contributed by atoms with Gasteiger partial charge < -0.3 is 20.3 Å². The number of hydrogen-bond donors (Lipinski definition) is 1. The molecule has 5 rings (SSSR count). The Kier molecular flexibility index (Phi) is 7.53. The van der Waals surface area contributed by atoms with Crippen molar-refractivity contribution in [1.29, 1.82) is 0 Å². The summed E-state index contributed by atoms with van der Waals surface area (Å²) in [6, 6.07) is 9.34. The molecular weight excluding hydrogens is 500 g/mol. The van der Waals surface area contributed by atoms with E-state index in [1.165, 1.54) is 19.0 Å². The Bertz CT molecular complexity index is 1300. The van der Waals surface area contributed by atoms with Crippen molar-refractivity contribution in [3.8, 4) is 17.1 Å². The van der Waals surface area contributed by atoms with Gasteiger partial charge in [-0.05, 0) is 63.0 Å². The summed E-state index contributed by atoms with van der Waals surface area (Å²) in [6.07, 6.45) is 5.95. The van der Waals surface area contributed by atoms with Gasteiger partial charge in [-0.15, -0.1) is 0 Å². The number of nitrogens with two attached hydrogens (primary N) is 1. The zero-order chi connectivity index (χ0) is 25.9. The van der Waals surface area contributed by atoms with Crippen LogP contribution in [0.25, 0.3) is 11.3 Å².